The number of carbonyl (C=O) groups is 1. The van der Waals surface area contributed by atoms with Crippen molar-refractivity contribution in [3.05, 3.63) is 53.5 Å². The van der Waals surface area contributed by atoms with Crippen molar-refractivity contribution in [3.8, 4) is 5.88 Å². The lowest BCUT2D eigenvalue weighted by molar-refractivity contribution is -0.123. The standard InChI is InChI=1S/C17H17N3O3/c1-11-12(2)23-17-15(11)16(19-10-20-17)22-9-14(21)18-8-13-6-4-3-5-7-13/h3-7,10H,8-9H2,1-2H3,(H,18,21). The van der Waals surface area contributed by atoms with Crippen LogP contribution in [0, 0.1) is 13.8 Å². The van der Waals surface area contributed by atoms with Crippen LogP contribution in [0.3, 0.4) is 0 Å². The zero-order valence-corrected chi connectivity index (χ0v) is 13.0. The van der Waals surface area contributed by atoms with Crippen LogP contribution in [-0.4, -0.2) is 22.5 Å². The molecule has 0 unspecified atom stereocenters. The van der Waals surface area contributed by atoms with Gasteiger partial charge in [0.05, 0.1) is 0 Å². The average molecular weight is 311 g/mol. The van der Waals surface area contributed by atoms with Crippen LogP contribution in [0.15, 0.2) is 41.1 Å². The molecule has 0 saturated carbocycles. The van der Waals surface area contributed by atoms with Gasteiger partial charge in [-0.15, -0.1) is 0 Å². The lowest BCUT2D eigenvalue weighted by atomic mass is 10.2. The summed E-state index contributed by atoms with van der Waals surface area (Å²) in [5.41, 5.74) is 2.42. The number of carbonyl (C=O) groups excluding carboxylic acids is 1. The van der Waals surface area contributed by atoms with E-state index in [0.29, 0.717) is 23.5 Å². The minimum Gasteiger partial charge on any atom is -0.467 e. The van der Waals surface area contributed by atoms with E-state index in [-0.39, 0.29) is 12.5 Å². The molecule has 0 aliphatic rings. The summed E-state index contributed by atoms with van der Waals surface area (Å²) < 4.78 is 11.1. The minimum atomic E-state index is -0.210. The van der Waals surface area contributed by atoms with Gasteiger partial charge in [-0.05, 0) is 19.4 Å². The van der Waals surface area contributed by atoms with Crippen molar-refractivity contribution in [3.63, 3.8) is 0 Å². The van der Waals surface area contributed by atoms with E-state index in [0.717, 1.165) is 16.9 Å². The van der Waals surface area contributed by atoms with Gasteiger partial charge in [0.15, 0.2) is 6.61 Å². The molecule has 0 radical (unpaired) electrons. The highest BCUT2D eigenvalue weighted by atomic mass is 16.5. The highest BCUT2D eigenvalue weighted by Crippen LogP contribution is 2.29. The Balaban J connectivity index is 1.63. The third-order valence-corrected chi connectivity index (χ3v) is 3.60. The van der Waals surface area contributed by atoms with E-state index in [4.69, 9.17) is 9.15 Å². The summed E-state index contributed by atoms with van der Waals surface area (Å²) in [6.07, 6.45) is 1.36. The highest BCUT2D eigenvalue weighted by Gasteiger charge is 2.15. The van der Waals surface area contributed by atoms with Crippen molar-refractivity contribution in [2.75, 3.05) is 6.61 Å². The van der Waals surface area contributed by atoms with Crippen LogP contribution in [0.4, 0.5) is 0 Å². The Hall–Kier alpha value is -2.89. The second-order valence-electron chi connectivity index (χ2n) is 5.19. The summed E-state index contributed by atoms with van der Waals surface area (Å²) in [5.74, 6) is 0.913. The van der Waals surface area contributed by atoms with Crippen molar-refractivity contribution in [2.45, 2.75) is 20.4 Å². The quantitative estimate of drug-likeness (QED) is 0.783. The monoisotopic (exact) mass is 311 g/mol. The molecule has 0 fully saturated rings. The Bertz CT molecular complexity index is 828. The average Bonchev–Trinajstić information content (AvgIpc) is 2.87. The molecular formula is C17H17N3O3. The second kappa shape index (κ2) is 6.48. The molecule has 23 heavy (non-hydrogen) atoms. The van der Waals surface area contributed by atoms with Crippen LogP contribution < -0.4 is 10.1 Å². The van der Waals surface area contributed by atoms with Gasteiger partial charge in [0.2, 0.25) is 11.6 Å². The molecule has 0 spiro atoms. The van der Waals surface area contributed by atoms with Crippen LogP contribution in [0.2, 0.25) is 0 Å². The molecule has 0 aliphatic carbocycles. The van der Waals surface area contributed by atoms with Crippen molar-refractivity contribution in [2.24, 2.45) is 0 Å². The molecule has 3 aromatic rings. The van der Waals surface area contributed by atoms with E-state index in [1.807, 2.05) is 44.2 Å². The summed E-state index contributed by atoms with van der Waals surface area (Å²) in [6.45, 7) is 4.12. The smallest absolute Gasteiger partial charge is 0.258 e. The molecule has 1 aromatic carbocycles. The number of amides is 1. The Labute approximate surface area is 133 Å². The lowest BCUT2D eigenvalue weighted by Crippen LogP contribution is -2.28. The first-order chi connectivity index (χ1) is 11.1. The molecule has 0 aliphatic heterocycles. The number of nitrogens with one attached hydrogen (secondary N) is 1. The maximum absolute atomic E-state index is 11.9. The van der Waals surface area contributed by atoms with E-state index >= 15 is 0 Å². The number of aryl methyl sites for hydroxylation is 2. The fourth-order valence-corrected chi connectivity index (χ4v) is 2.24. The molecule has 0 bridgehead atoms. The van der Waals surface area contributed by atoms with Crippen LogP contribution in [0.5, 0.6) is 5.88 Å². The highest BCUT2D eigenvalue weighted by molar-refractivity contribution is 5.84. The summed E-state index contributed by atoms with van der Waals surface area (Å²) in [6, 6.07) is 9.70. The van der Waals surface area contributed by atoms with Crippen molar-refractivity contribution in [1.29, 1.82) is 0 Å². The first kappa shape index (κ1) is 15.0. The number of furan rings is 1. The van der Waals surface area contributed by atoms with E-state index in [1.165, 1.54) is 6.33 Å². The van der Waals surface area contributed by atoms with Crippen LogP contribution in [-0.2, 0) is 11.3 Å². The normalized spacial score (nSPS) is 10.7. The maximum atomic E-state index is 11.9. The molecular weight excluding hydrogens is 294 g/mol. The first-order valence-electron chi connectivity index (χ1n) is 7.29. The maximum Gasteiger partial charge on any atom is 0.258 e. The predicted octanol–water partition coefficient (Wildman–Crippen LogP) is 2.53. The van der Waals surface area contributed by atoms with Gasteiger partial charge in [0, 0.05) is 12.1 Å². The van der Waals surface area contributed by atoms with E-state index in [1.54, 1.807) is 0 Å². The molecule has 0 saturated heterocycles. The van der Waals surface area contributed by atoms with Crippen LogP contribution >= 0.6 is 0 Å². The molecule has 6 heteroatoms. The molecule has 118 valence electrons. The van der Waals surface area contributed by atoms with E-state index < -0.39 is 0 Å². The van der Waals surface area contributed by atoms with Crippen molar-refractivity contribution in [1.82, 2.24) is 15.3 Å². The minimum absolute atomic E-state index is 0.109. The lowest BCUT2D eigenvalue weighted by Gasteiger charge is -2.07. The fourth-order valence-electron chi connectivity index (χ4n) is 2.24. The summed E-state index contributed by atoms with van der Waals surface area (Å²) in [4.78, 5) is 20.1. The fraction of sp³-hybridized carbons (Fsp3) is 0.235. The van der Waals surface area contributed by atoms with Crippen LogP contribution in [0.25, 0.3) is 11.1 Å². The van der Waals surface area contributed by atoms with Gasteiger partial charge in [-0.1, -0.05) is 30.3 Å². The Morgan fingerprint density at radius 2 is 2.00 bits per heavy atom. The van der Waals surface area contributed by atoms with Gasteiger partial charge in [-0.3, -0.25) is 4.79 Å². The second-order valence-corrected chi connectivity index (χ2v) is 5.19. The zero-order chi connectivity index (χ0) is 16.2. The first-order valence-corrected chi connectivity index (χ1v) is 7.29. The summed E-state index contributed by atoms with van der Waals surface area (Å²) in [5, 5.41) is 3.52. The number of ether oxygens (including phenoxy) is 1. The summed E-state index contributed by atoms with van der Waals surface area (Å²) >= 11 is 0. The largest absolute Gasteiger partial charge is 0.467 e. The van der Waals surface area contributed by atoms with E-state index in [9.17, 15) is 4.79 Å². The number of nitrogens with zero attached hydrogens (tertiary/aromatic N) is 2. The van der Waals surface area contributed by atoms with Gasteiger partial charge < -0.3 is 14.5 Å². The Morgan fingerprint density at radius 1 is 1.22 bits per heavy atom. The van der Waals surface area contributed by atoms with Crippen LogP contribution in [0.1, 0.15) is 16.9 Å². The molecule has 2 heterocycles. The van der Waals surface area contributed by atoms with Gasteiger partial charge >= 0.3 is 0 Å². The van der Waals surface area contributed by atoms with Gasteiger partial charge in [0.1, 0.15) is 17.5 Å². The predicted molar refractivity (Wildman–Crippen MR) is 85.1 cm³/mol. The number of benzene rings is 1. The number of aromatic nitrogens is 2. The molecule has 3 rings (SSSR count). The molecule has 1 N–H and O–H groups in total. The molecule has 6 nitrogen and oxygen atoms in total. The van der Waals surface area contributed by atoms with E-state index in [2.05, 4.69) is 15.3 Å². The molecule has 2 aromatic heterocycles. The Morgan fingerprint density at radius 3 is 2.78 bits per heavy atom. The Kier molecular flexibility index (Phi) is 4.23. The van der Waals surface area contributed by atoms with Gasteiger partial charge in [-0.2, -0.15) is 0 Å². The number of fused-ring (bicyclic) bond motifs is 1. The van der Waals surface area contributed by atoms with Crippen molar-refractivity contribution < 1.29 is 13.9 Å². The third kappa shape index (κ3) is 3.31. The van der Waals surface area contributed by atoms with Gasteiger partial charge in [-0.25, -0.2) is 9.97 Å². The SMILES string of the molecule is Cc1oc2ncnc(OCC(=O)NCc3ccccc3)c2c1C. The number of hydrogen-bond acceptors (Lipinski definition) is 5. The van der Waals surface area contributed by atoms with Crippen molar-refractivity contribution >= 4 is 17.0 Å². The summed E-state index contributed by atoms with van der Waals surface area (Å²) in [7, 11) is 0. The third-order valence-electron chi connectivity index (χ3n) is 3.60. The topological polar surface area (TPSA) is 77.2 Å². The molecule has 0 atom stereocenters. The number of hydrogen-bond donors (Lipinski definition) is 1. The number of rotatable bonds is 5. The zero-order valence-electron chi connectivity index (χ0n) is 13.0. The van der Waals surface area contributed by atoms with Gasteiger partial charge in [0.25, 0.3) is 5.91 Å². The molecule has 1 amide bonds.